The molecule has 4 heteroatoms. The lowest BCUT2D eigenvalue weighted by molar-refractivity contribution is -0.140. The summed E-state index contributed by atoms with van der Waals surface area (Å²) in [5, 5.41) is 9.08. The summed E-state index contributed by atoms with van der Waals surface area (Å²) in [5.41, 5.74) is 0.507. The number of hydrogen-bond acceptors (Lipinski definition) is 2. The molecule has 1 aliphatic rings. The van der Waals surface area contributed by atoms with E-state index in [1.807, 2.05) is 30.3 Å². The van der Waals surface area contributed by atoms with Crippen LogP contribution in [0.25, 0.3) is 0 Å². The van der Waals surface area contributed by atoms with Crippen LogP contribution in [-0.2, 0) is 9.59 Å². The Morgan fingerprint density at radius 3 is 2.30 bits per heavy atom. The van der Waals surface area contributed by atoms with E-state index in [9.17, 15) is 9.59 Å². The molecular formula is C16H21NO3. The van der Waals surface area contributed by atoms with Gasteiger partial charge in [0.15, 0.2) is 0 Å². The van der Waals surface area contributed by atoms with E-state index in [0.29, 0.717) is 6.42 Å². The van der Waals surface area contributed by atoms with Gasteiger partial charge in [-0.15, -0.1) is 0 Å². The molecule has 20 heavy (non-hydrogen) atoms. The molecular weight excluding hydrogens is 254 g/mol. The van der Waals surface area contributed by atoms with Crippen molar-refractivity contribution >= 4 is 17.6 Å². The van der Waals surface area contributed by atoms with Crippen LogP contribution in [0.2, 0.25) is 0 Å². The Balaban J connectivity index is 2.07. The Hall–Kier alpha value is -1.84. The Morgan fingerprint density at radius 1 is 1.15 bits per heavy atom. The van der Waals surface area contributed by atoms with Crippen LogP contribution in [0.15, 0.2) is 30.3 Å². The van der Waals surface area contributed by atoms with E-state index in [0.717, 1.165) is 31.4 Å². The monoisotopic (exact) mass is 275 g/mol. The minimum Gasteiger partial charge on any atom is -0.481 e. The smallest absolute Gasteiger partial charge is 0.303 e. The van der Waals surface area contributed by atoms with Gasteiger partial charge in [0.05, 0.1) is 6.42 Å². The number of para-hydroxylation sites is 1. The van der Waals surface area contributed by atoms with Crippen molar-refractivity contribution in [3.05, 3.63) is 30.3 Å². The van der Waals surface area contributed by atoms with Crippen LogP contribution in [-0.4, -0.2) is 24.0 Å². The Morgan fingerprint density at radius 2 is 1.75 bits per heavy atom. The number of benzene rings is 1. The first-order valence-electron chi connectivity index (χ1n) is 7.06. The van der Waals surface area contributed by atoms with Gasteiger partial charge >= 0.3 is 5.97 Å². The van der Waals surface area contributed by atoms with Crippen LogP contribution in [0.4, 0.5) is 5.69 Å². The number of carboxylic acids is 1. The van der Waals surface area contributed by atoms with Gasteiger partial charge in [-0.25, -0.2) is 0 Å². The molecule has 1 aromatic carbocycles. The Labute approximate surface area is 119 Å². The van der Waals surface area contributed by atoms with E-state index >= 15 is 0 Å². The first-order chi connectivity index (χ1) is 9.52. The van der Waals surface area contributed by atoms with Crippen molar-refractivity contribution in [1.82, 2.24) is 0 Å². The van der Waals surface area contributed by atoms with Gasteiger partial charge < -0.3 is 10.0 Å². The van der Waals surface area contributed by atoms with E-state index < -0.39 is 5.97 Å². The fourth-order valence-corrected chi connectivity index (χ4v) is 3.10. The topological polar surface area (TPSA) is 57.6 Å². The average Bonchev–Trinajstić information content (AvgIpc) is 2.86. The van der Waals surface area contributed by atoms with E-state index in [2.05, 4.69) is 0 Å². The third kappa shape index (κ3) is 3.38. The second-order valence-corrected chi connectivity index (χ2v) is 5.74. The summed E-state index contributed by atoms with van der Waals surface area (Å²) in [7, 11) is 1.75. The Kier molecular flexibility index (Phi) is 4.42. The van der Waals surface area contributed by atoms with Crippen molar-refractivity contribution in [3.8, 4) is 0 Å². The molecule has 0 atom stereocenters. The zero-order valence-electron chi connectivity index (χ0n) is 11.8. The fraction of sp³-hybridized carbons (Fsp3) is 0.500. The van der Waals surface area contributed by atoms with Gasteiger partial charge in [0.25, 0.3) is 0 Å². The quantitative estimate of drug-likeness (QED) is 0.898. The van der Waals surface area contributed by atoms with Crippen LogP contribution < -0.4 is 4.90 Å². The van der Waals surface area contributed by atoms with Crippen molar-refractivity contribution in [2.24, 2.45) is 5.41 Å². The predicted molar refractivity (Wildman–Crippen MR) is 77.6 cm³/mol. The number of rotatable bonds is 5. The number of anilines is 1. The lowest BCUT2D eigenvalue weighted by atomic mass is 9.79. The molecule has 0 saturated heterocycles. The number of nitrogens with zero attached hydrogens (tertiary/aromatic N) is 1. The number of hydrogen-bond donors (Lipinski definition) is 1. The molecule has 1 aromatic rings. The minimum absolute atomic E-state index is 0.000602. The SMILES string of the molecule is CN(C(=O)CC1(CC(=O)O)CCCC1)c1ccccc1. The average molecular weight is 275 g/mol. The Bertz CT molecular complexity index is 478. The number of carboxylic acid groups (broad SMARTS) is 1. The molecule has 2 rings (SSSR count). The van der Waals surface area contributed by atoms with Crippen LogP contribution in [0.1, 0.15) is 38.5 Å². The van der Waals surface area contributed by atoms with Crippen LogP contribution in [0.3, 0.4) is 0 Å². The molecule has 0 spiro atoms. The highest BCUT2D eigenvalue weighted by atomic mass is 16.4. The van der Waals surface area contributed by atoms with Gasteiger partial charge in [-0.1, -0.05) is 31.0 Å². The third-order valence-corrected chi connectivity index (χ3v) is 4.23. The van der Waals surface area contributed by atoms with E-state index in [1.165, 1.54) is 0 Å². The molecule has 108 valence electrons. The zero-order chi connectivity index (χ0) is 14.6. The first-order valence-corrected chi connectivity index (χ1v) is 7.06. The first kappa shape index (κ1) is 14.6. The van der Waals surface area contributed by atoms with Gasteiger partial charge in [-0.3, -0.25) is 9.59 Å². The lowest BCUT2D eigenvalue weighted by Crippen LogP contribution is -2.33. The van der Waals surface area contributed by atoms with Crippen LogP contribution in [0, 0.1) is 5.41 Å². The molecule has 0 radical (unpaired) electrons. The van der Waals surface area contributed by atoms with Crippen molar-refractivity contribution in [2.75, 3.05) is 11.9 Å². The molecule has 1 N–H and O–H groups in total. The molecule has 0 unspecified atom stereocenters. The summed E-state index contributed by atoms with van der Waals surface area (Å²) >= 11 is 0. The summed E-state index contributed by atoms with van der Waals surface area (Å²) < 4.78 is 0. The summed E-state index contributed by atoms with van der Waals surface area (Å²) in [6, 6.07) is 9.46. The normalized spacial score (nSPS) is 16.9. The summed E-state index contributed by atoms with van der Waals surface area (Å²) in [5.74, 6) is -0.804. The minimum atomic E-state index is -0.804. The summed E-state index contributed by atoms with van der Waals surface area (Å²) in [4.78, 5) is 25.1. The second-order valence-electron chi connectivity index (χ2n) is 5.74. The number of carbonyl (C=O) groups is 2. The van der Waals surface area contributed by atoms with Crippen molar-refractivity contribution in [3.63, 3.8) is 0 Å². The number of amides is 1. The maximum Gasteiger partial charge on any atom is 0.303 e. The van der Waals surface area contributed by atoms with Crippen LogP contribution in [0.5, 0.6) is 0 Å². The third-order valence-electron chi connectivity index (χ3n) is 4.23. The maximum absolute atomic E-state index is 12.4. The molecule has 0 aromatic heterocycles. The number of aliphatic carboxylic acids is 1. The maximum atomic E-state index is 12.4. The molecule has 0 aliphatic heterocycles. The van der Waals surface area contributed by atoms with Crippen molar-refractivity contribution < 1.29 is 14.7 Å². The van der Waals surface area contributed by atoms with E-state index in [4.69, 9.17) is 5.11 Å². The largest absolute Gasteiger partial charge is 0.481 e. The molecule has 1 fully saturated rings. The highest BCUT2D eigenvalue weighted by Crippen LogP contribution is 2.44. The molecule has 1 amide bonds. The van der Waals surface area contributed by atoms with Crippen molar-refractivity contribution in [2.45, 2.75) is 38.5 Å². The van der Waals surface area contributed by atoms with Gasteiger partial charge in [-0.05, 0) is 30.4 Å². The molecule has 1 saturated carbocycles. The van der Waals surface area contributed by atoms with Crippen molar-refractivity contribution in [1.29, 1.82) is 0 Å². The van der Waals surface area contributed by atoms with Crippen LogP contribution >= 0.6 is 0 Å². The summed E-state index contributed by atoms with van der Waals surface area (Å²) in [6.07, 6.45) is 4.15. The van der Waals surface area contributed by atoms with E-state index in [-0.39, 0.29) is 17.7 Å². The molecule has 0 bridgehead atoms. The van der Waals surface area contributed by atoms with Gasteiger partial charge in [-0.2, -0.15) is 0 Å². The molecule has 0 heterocycles. The predicted octanol–water partition coefficient (Wildman–Crippen LogP) is 3.07. The molecule has 1 aliphatic carbocycles. The lowest BCUT2D eigenvalue weighted by Gasteiger charge is -2.29. The zero-order valence-corrected chi connectivity index (χ0v) is 11.8. The standard InChI is InChI=1S/C16H21NO3/c1-17(13-7-3-2-4-8-13)14(18)11-16(12-15(19)20)9-5-6-10-16/h2-4,7-8H,5-6,9-12H2,1H3,(H,19,20). The van der Waals surface area contributed by atoms with E-state index in [1.54, 1.807) is 11.9 Å². The highest BCUT2D eigenvalue weighted by molar-refractivity contribution is 5.93. The highest BCUT2D eigenvalue weighted by Gasteiger charge is 2.38. The second kappa shape index (κ2) is 6.07. The summed E-state index contributed by atoms with van der Waals surface area (Å²) in [6.45, 7) is 0. The van der Waals surface area contributed by atoms with Gasteiger partial charge in [0, 0.05) is 19.2 Å². The number of carbonyl (C=O) groups excluding carboxylic acids is 1. The van der Waals surface area contributed by atoms with Gasteiger partial charge in [0.1, 0.15) is 0 Å². The van der Waals surface area contributed by atoms with Gasteiger partial charge in [0.2, 0.25) is 5.91 Å². The fourth-order valence-electron chi connectivity index (χ4n) is 3.10. The molecule has 4 nitrogen and oxygen atoms in total.